The van der Waals surface area contributed by atoms with Gasteiger partial charge >= 0.3 is 0 Å². The topological polar surface area (TPSA) is 72.5 Å². The number of aromatic nitrogens is 1. The van der Waals surface area contributed by atoms with E-state index >= 15 is 0 Å². The fourth-order valence-corrected chi connectivity index (χ4v) is 2.39. The second-order valence-electron chi connectivity index (χ2n) is 5.94. The molecule has 0 bridgehead atoms. The molecule has 7 heteroatoms. The van der Waals surface area contributed by atoms with Crippen LogP contribution in [0.15, 0.2) is 47.6 Å². The minimum atomic E-state index is -0.344. The van der Waals surface area contributed by atoms with Gasteiger partial charge in [-0.3, -0.25) is 0 Å². The summed E-state index contributed by atoms with van der Waals surface area (Å²) in [4.78, 5) is 8.51. The molecule has 0 spiro atoms. The van der Waals surface area contributed by atoms with Crippen LogP contribution in [0.2, 0.25) is 0 Å². The molecule has 1 heterocycles. The third-order valence-corrected chi connectivity index (χ3v) is 4.04. The van der Waals surface area contributed by atoms with Crippen LogP contribution in [0.3, 0.4) is 0 Å². The highest BCUT2D eigenvalue weighted by atomic mass is 127. The molecule has 1 fully saturated rings. The van der Waals surface area contributed by atoms with Crippen molar-refractivity contribution in [3.8, 4) is 11.6 Å². The van der Waals surface area contributed by atoms with Crippen LogP contribution >= 0.6 is 24.0 Å². The van der Waals surface area contributed by atoms with Gasteiger partial charge in [-0.05, 0) is 36.5 Å². The number of aliphatic imine (C=N–C) groups is 1. The molecule has 3 N–H and O–H groups in total. The summed E-state index contributed by atoms with van der Waals surface area (Å²) >= 11 is 0. The van der Waals surface area contributed by atoms with Gasteiger partial charge in [0.2, 0.25) is 5.88 Å². The van der Waals surface area contributed by atoms with Gasteiger partial charge in [0.15, 0.2) is 5.96 Å². The van der Waals surface area contributed by atoms with E-state index in [-0.39, 0.29) is 29.8 Å². The van der Waals surface area contributed by atoms with E-state index in [1.807, 2.05) is 6.07 Å². The molecular formula is C18H22FIN4O. The minimum absolute atomic E-state index is 0. The van der Waals surface area contributed by atoms with Crippen molar-refractivity contribution in [1.82, 2.24) is 10.3 Å². The predicted molar refractivity (Wildman–Crippen MR) is 107 cm³/mol. The van der Waals surface area contributed by atoms with E-state index in [2.05, 4.69) is 15.3 Å². The van der Waals surface area contributed by atoms with Crippen LogP contribution in [0.4, 0.5) is 4.39 Å². The Morgan fingerprint density at radius 1 is 1.32 bits per heavy atom. The first-order valence-electron chi connectivity index (χ1n) is 8.11. The van der Waals surface area contributed by atoms with E-state index in [1.165, 1.54) is 31.4 Å². The lowest BCUT2D eigenvalue weighted by Gasteiger charge is -2.25. The second-order valence-corrected chi connectivity index (χ2v) is 5.94. The van der Waals surface area contributed by atoms with Gasteiger partial charge in [0.1, 0.15) is 11.6 Å². The molecule has 0 radical (unpaired) electrons. The van der Waals surface area contributed by atoms with Crippen LogP contribution in [0.1, 0.15) is 24.8 Å². The summed E-state index contributed by atoms with van der Waals surface area (Å²) in [6, 6.07) is 9.54. The number of rotatable bonds is 6. The number of nitrogens with one attached hydrogen (secondary N) is 1. The van der Waals surface area contributed by atoms with Crippen LogP contribution in [0.25, 0.3) is 0 Å². The summed E-state index contributed by atoms with van der Waals surface area (Å²) in [5.41, 5.74) is 6.78. The minimum Gasteiger partial charge on any atom is -0.439 e. The van der Waals surface area contributed by atoms with Gasteiger partial charge in [0.05, 0.1) is 6.54 Å². The largest absolute Gasteiger partial charge is 0.439 e. The van der Waals surface area contributed by atoms with Crippen molar-refractivity contribution < 1.29 is 9.13 Å². The number of hydrogen-bond donors (Lipinski definition) is 2. The summed E-state index contributed by atoms with van der Waals surface area (Å²) in [6.07, 6.45) is 5.55. The van der Waals surface area contributed by atoms with Crippen molar-refractivity contribution in [2.75, 3.05) is 6.54 Å². The molecule has 25 heavy (non-hydrogen) atoms. The molecule has 1 aromatic carbocycles. The Labute approximate surface area is 163 Å². The molecule has 0 aliphatic heterocycles. The van der Waals surface area contributed by atoms with Crippen LogP contribution < -0.4 is 15.8 Å². The third-order valence-electron chi connectivity index (χ3n) is 4.04. The summed E-state index contributed by atoms with van der Waals surface area (Å²) in [5, 5.41) is 3.15. The van der Waals surface area contributed by atoms with Crippen molar-refractivity contribution >= 4 is 29.9 Å². The lowest BCUT2D eigenvalue weighted by atomic mass is 9.85. The summed E-state index contributed by atoms with van der Waals surface area (Å²) < 4.78 is 18.6. The monoisotopic (exact) mass is 456 g/mol. The molecule has 1 aliphatic rings. The molecule has 0 saturated heterocycles. The predicted octanol–water partition coefficient (Wildman–Crippen LogP) is 3.84. The Hall–Kier alpha value is -1.90. The van der Waals surface area contributed by atoms with Crippen LogP contribution in [0, 0.1) is 11.7 Å². The smallest absolute Gasteiger partial charge is 0.219 e. The third kappa shape index (κ3) is 6.15. The average molecular weight is 456 g/mol. The zero-order chi connectivity index (χ0) is 16.8. The van der Waals surface area contributed by atoms with Gasteiger partial charge in [-0.25, -0.2) is 14.4 Å². The molecule has 134 valence electrons. The zero-order valence-electron chi connectivity index (χ0n) is 13.8. The van der Waals surface area contributed by atoms with E-state index < -0.39 is 0 Å². The van der Waals surface area contributed by atoms with E-state index in [4.69, 9.17) is 10.5 Å². The zero-order valence-corrected chi connectivity index (χ0v) is 16.2. The molecule has 5 nitrogen and oxygen atoms in total. The molecule has 0 atom stereocenters. The van der Waals surface area contributed by atoms with Crippen LogP contribution in [0.5, 0.6) is 11.6 Å². The maximum atomic E-state index is 13.1. The first-order valence-corrected chi connectivity index (χ1v) is 8.11. The van der Waals surface area contributed by atoms with Gasteiger partial charge in [0, 0.05) is 24.9 Å². The van der Waals surface area contributed by atoms with Crippen molar-refractivity contribution in [3.05, 3.63) is 54.0 Å². The first-order chi connectivity index (χ1) is 11.7. The number of guanidine groups is 1. The summed E-state index contributed by atoms with van der Waals surface area (Å²) in [5.74, 6) is 1.67. The summed E-state index contributed by atoms with van der Waals surface area (Å²) in [6.45, 7) is 1.35. The normalized spacial score (nSPS) is 14.4. The lowest BCUT2D eigenvalue weighted by Crippen LogP contribution is -2.37. The Kier molecular flexibility index (Phi) is 7.42. The van der Waals surface area contributed by atoms with Gasteiger partial charge in [-0.15, -0.1) is 24.0 Å². The van der Waals surface area contributed by atoms with E-state index in [0.717, 1.165) is 18.0 Å². The first kappa shape index (κ1) is 19.4. The Morgan fingerprint density at radius 2 is 2.16 bits per heavy atom. The number of ether oxygens (including phenoxy) is 1. The highest BCUT2D eigenvalue weighted by Crippen LogP contribution is 2.25. The maximum Gasteiger partial charge on any atom is 0.219 e. The standard InChI is InChI=1S/C18H21FN4O.HI/c19-15-5-2-6-16(9-15)24-17-8-7-14(11-21-17)12-23-18(20)22-10-13-3-1-4-13;/h2,5-9,11,13H,1,3-4,10,12H2,(H3,20,22,23);1H. The van der Waals surface area contributed by atoms with E-state index in [1.54, 1.807) is 24.4 Å². The van der Waals surface area contributed by atoms with E-state index in [9.17, 15) is 4.39 Å². The van der Waals surface area contributed by atoms with Gasteiger partial charge in [0.25, 0.3) is 0 Å². The summed E-state index contributed by atoms with van der Waals surface area (Å²) in [7, 11) is 0. The second kappa shape index (κ2) is 9.55. The molecule has 1 aromatic heterocycles. The molecule has 2 aromatic rings. The number of hydrogen-bond acceptors (Lipinski definition) is 3. The lowest BCUT2D eigenvalue weighted by molar-refractivity contribution is 0.315. The highest BCUT2D eigenvalue weighted by Gasteiger charge is 2.16. The number of halogens is 2. The average Bonchev–Trinajstić information content (AvgIpc) is 2.53. The highest BCUT2D eigenvalue weighted by molar-refractivity contribution is 14.0. The fourth-order valence-electron chi connectivity index (χ4n) is 2.39. The van der Waals surface area contributed by atoms with Crippen molar-refractivity contribution in [2.45, 2.75) is 25.8 Å². The molecule has 3 rings (SSSR count). The Bertz CT molecular complexity index is 704. The Morgan fingerprint density at radius 3 is 2.80 bits per heavy atom. The molecule has 0 amide bonds. The van der Waals surface area contributed by atoms with Gasteiger partial charge < -0.3 is 15.8 Å². The van der Waals surface area contributed by atoms with Crippen molar-refractivity contribution in [3.63, 3.8) is 0 Å². The maximum absolute atomic E-state index is 13.1. The van der Waals surface area contributed by atoms with Gasteiger partial charge in [-0.2, -0.15) is 0 Å². The Balaban J connectivity index is 0.00000225. The number of nitrogens with zero attached hydrogens (tertiary/aromatic N) is 2. The van der Waals surface area contributed by atoms with Crippen molar-refractivity contribution in [2.24, 2.45) is 16.6 Å². The van der Waals surface area contributed by atoms with Crippen LogP contribution in [-0.2, 0) is 6.54 Å². The number of benzene rings is 1. The molecule has 1 saturated carbocycles. The van der Waals surface area contributed by atoms with Crippen molar-refractivity contribution in [1.29, 1.82) is 0 Å². The van der Waals surface area contributed by atoms with Crippen LogP contribution in [-0.4, -0.2) is 17.5 Å². The van der Waals surface area contributed by atoms with E-state index in [0.29, 0.717) is 24.1 Å². The molecule has 0 unspecified atom stereocenters. The number of nitrogens with two attached hydrogens (primary N) is 1. The van der Waals surface area contributed by atoms with Gasteiger partial charge in [-0.1, -0.05) is 18.6 Å². The fraction of sp³-hybridized carbons (Fsp3) is 0.333. The quantitative estimate of drug-likeness (QED) is 0.394. The SMILES string of the molecule is I.NC(=NCc1ccc(Oc2cccc(F)c2)nc1)NCC1CCC1. The number of pyridine rings is 1. The molecule has 1 aliphatic carbocycles. The molecular weight excluding hydrogens is 434 g/mol.